The number of halogens is 1. The van der Waals surface area contributed by atoms with Gasteiger partial charge in [0.05, 0.1) is 5.02 Å². The molecule has 0 atom stereocenters. The Kier molecular flexibility index (Phi) is 2.88. The van der Waals surface area contributed by atoms with Gasteiger partial charge in [0.1, 0.15) is 5.75 Å². The van der Waals surface area contributed by atoms with E-state index >= 15 is 0 Å². The van der Waals surface area contributed by atoms with Crippen LogP contribution in [0, 0.1) is 0 Å². The van der Waals surface area contributed by atoms with Crippen molar-refractivity contribution >= 4 is 17.6 Å². The second-order valence-corrected chi connectivity index (χ2v) is 2.46. The summed E-state index contributed by atoms with van der Waals surface area (Å²) in [6, 6.07) is 6.75. The van der Waals surface area contributed by atoms with Crippen LogP contribution in [0.5, 0.6) is 5.75 Å². The summed E-state index contributed by atoms with van der Waals surface area (Å²) in [4.78, 5) is 10.7. The van der Waals surface area contributed by atoms with Crippen LogP contribution in [0.15, 0.2) is 36.9 Å². The van der Waals surface area contributed by atoms with Crippen molar-refractivity contribution in [1.29, 1.82) is 0 Å². The Hall–Kier alpha value is -1.28. The van der Waals surface area contributed by atoms with Crippen LogP contribution in [0.2, 0.25) is 5.02 Å². The largest absolute Gasteiger partial charge is 0.422 e. The monoisotopic (exact) mass is 182 g/mol. The first-order chi connectivity index (χ1) is 5.74. The third-order valence-corrected chi connectivity index (χ3v) is 1.53. The number of carbonyl (C=O) groups excluding carboxylic acids is 1. The highest BCUT2D eigenvalue weighted by Crippen LogP contribution is 2.22. The van der Waals surface area contributed by atoms with E-state index in [0.29, 0.717) is 10.8 Å². The Balaban J connectivity index is 2.82. The van der Waals surface area contributed by atoms with Crippen LogP contribution < -0.4 is 4.74 Å². The van der Waals surface area contributed by atoms with E-state index < -0.39 is 5.97 Å². The van der Waals surface area contributed by atoms with Gasteiger partial charge in [-0.1, -0.05) is 30.3 Å². The molecule has 0 aliphatic heterocycles. The Morgan fingerprint density at radius 1 is 1.50 bits per heavy atom. The van der Waals surface area contributed by atoms with Gasteiger partial charge in [-0.05, 0) is 12.1 Å². The zero-order valence-electron chi connectivity index (χ0n) is 6.29. The maximum atomic E-state index is 10.7. The molecule has 1 aromatic carbocycles. The average molecular weight is 183 g/mol. The van der Waals surface area contributed by atoms with E-state index in [1.54, 1.807) is 24.3 Å². The van der Waals surface area contributed by atoms with E-state index in [1.165, 1.54) is 0 Å². The van der Waals surface area contributed by atoms with E-state index in [4.69, 9.17) is 16.3 Å². The molecular weight excluding hydrogens is 176 g/mol. The van der Waals surface area contributed by atoms with Gasteiger partial charge in [0, 0.05) is 6.08 Å². The average Bonchev–Trinajstić information content (AvgIpc) is 2.09. The number of hydrogen-bond donors (Lipinski definition) is 0. The number of ether oxygens (including phenoxy) is 1. The molecule has 0 spiro atoms. The predicted octanol–water partition coefficient (Wildman–Crippen LogP) is 2.43. The molecular formula is C9H7ClO2. The number of para-hydroxylation sites is 1. The van der Waals surface area contributed by atoms with Gasteiger partial charge < -0.3 is 4.74 Å². The van der Waals surface area contributed by atoms with Gasteiger partial charge in [-0.15, -0.1) is 0 Å². The molecule has 62 valence electrons. The van der Waals surface area contributed by atoms with Crippen molar-refractivity contribution < 1.29 is 9.53 Å². The van der Waals surface area contributed by atoms with E-state index in [9.17, 15) is 4.79 Å². The molecule has 0 unspecified atom stereocenters. The summed E-state index contributed by atoms with van der Waals surface area (Å²) in [7, 11) is 0. The molecule has 0 amide bonds. The third-order valence-electron chi connectivity index (χ3n) is 1.21. The lowest BCUT2D eigenvalue weighted by Gasteiger charge is -2.01. The van der Waals surface area contributed by atoms with E-state index in [2.05, 4.69) is 6.58 Å². The Morgan fingerprint density at radius 2 is 2.17 bits per heavy atom. The van der Waals surface area contributed by atoms with Gasteiger partial charge >= 0.3 is 5.97 Å². The standard InChI is InChI=1S/C9H7ClO2/c1-2-9(11)12-8-6-4-3-5-7(8)10/h2-6H,1H2. The van der Waals surface area contributed by atoms with Gasteiger partial charge in [0.2, 0.25) is 0 Å². The van der Waals surface area contributed by atoms with Crippen LogP contribution in [-0.4, -0.2) is 5.97 Å². The van der Waals surface area contributed by atoms with Crippen LogP contribution in [0.25, 0.3) is 0 Å². The number of esters is 1. The van der Waals surface area contributed by atoms with Crippen LogP contribution in [0.4, 0.5) is 0 Å². The fourth-order valence-electron chi connectivity index (χ4n) is 0.678. The molecule has 0 fully saturated rings. The maximum Gasteiger partial charge on any atom is 0.335 e. The lowest BCUT2D eigenvalue weighted by atomic mass is 10.3. The predicted molar refractivity (Wildman–Crippen MR) is 47.3 cm³/mol. The summed E-state index contributed by atoms with van der Waals surface area (Å²) in [5.41, 5.74) is 0. The SMILES string of the molecule is C=CC(=O)Oc1ccccc1Cl. The molecule has 1 aromatic rings. The zero-order valence-corrected chi connectivity index (χ0v) is 7.04. The number of carbonyl (C=O) groups is 1. The number of rotatable bonds is 2. The molecule has 0 saturated carbocycles. The summed E-state index contributed by atoms with van der Waals surface area (Å²) in [5.74, 6) is -0.160. The summed E-state index contributed by atoms with van der Waals surface area (Å²) in [6.07, 6.45) is 1.09. The highest BCUT2D eigenvalue weighted by atomic mass is 35.5. The molecule has 1 rings (SSSR count). The Labute approximate surface area is 75.4 Å². The van der Waals surface area contributed by atoms with Gasteiger partial charge in [0.25, 0.3) is 0 Å². The number of benzene rings is 1. The van der Waals surface area contributed by atoms with Crippen molar-refractivity contribution in [1.82, 2.24) is 0 Å². The van der Waals surface area contributed by atoms with Gasteiger partial charge in [-0.2, -0.15) is 0 Å². The summed E-state index contributed by atoms with van der Waals surface area (Å²) in [5, 5.41) is 0.410. The van der Waals surface area contributed by atoms with E-state index in [1.807, 2.05) is 0 Å². The highest BCUT2D eigenvalue weighted by Gasteiger charge is 2.02. The van der Waals surface area contributed by atoms with Gasteiger partial charge in [-0.3, -0.25) is 0 Å². The smallest absolute Gasteiger partial charge is 0.335 e. The molecule has 0 aromatic heterocycles. The fourth-order valence-corrected chi connectivity index (χ4v) is 0.852. The second-order valence-electron chi connectivity index (χ2n) is 2.06. The van der Waals surface area contributed by atoms with E-state index in [-0.39, 0.29) is 0 Å². The first-order valence-corrected chi connectivity index (χ1v) is 3.70. The van der Waals surface area contributed by atoms with Crippen molar-refractivity contribution in [3.05, 3.63) is 41.9 Å². The quantitative estimate of drug-likeness (QED) is 0.399. The molecule has 3 heteroatoms. The molecule has 2 nitrogen and oxygen atoms in total. The lowest BCUT2D eigenvalue weighted by Crippen LogP contribution is -2.03. The molecule has 0 aliphatic rings. The minimum atomic E-state index is -0.511. The Morgan fingerprint density at radius 3 is 2.75 bits per heavy atom. The first kappa shape index (κ1) is 8.81. The summed E-state index contributed by atoms with van der Waals surface area (Å²) in [6.45, 7) is 3.27. The summed E-state index contributed by atoms with van der Waals surface area (Å²) < 4.78 is 4.81. The minimum Gasteiger partial charge on any atom is -0.422 e. The highest BCUT2D eigenvalue weighted by molar-refractivity contribution is 6.32. The van der Waals surface area contributed by atoms with E-state index in [0.717, 1.165) is 6.08 Å². The molecule has 12 heavy (non-hydrogen) atoms. The van der Waals surface area contributed by atoms with Crippen LogP contribution >= 0.6 is 11.6 Å². The summed E-state index contributed by atoms with van der Waals surface area (Å²) >= 11 is 5.71. The molecule has 0 heterocycles. The zero-order chi connectivity index (χ0) is 8.97. The van der Waals surface area contributed by atoms with Crippen molar-refractivity contribution in [2.24, 2.45) is 0 Å². The molecule has 0 N–H and O–H groups in total. The van der Waals surface area contributed by atoms with Crippen LogP contribution in [0.3, 0.4) is 0 Å². The molecule has 0 aliphatic carbocycles. The van der Waals surface area contributed by atoms with Crippen molar-refractivity contribution in [2.45, 2.75) is 0 Å². The third kappa shape index (κ3) is 2.10. The van der Waals surface area contributed by atoms with Crippen LogP contribution in [0.1, 0.15) is 0 Å². The normalized spacial score (nSPS) is 9.08. The lowest BCUT2D eigenvalue weighted by molar-refractivity contribution is -0.128. The van der Waals surface area contributed by atoms with Gasteiger partial charge in [-0.25, -0.2) is 4.79 Å². The first-order valence-electron chi connectivity index (χ1n) is 3.33. The van der Waals surface area contributed by atoms with Crippen LogP contribution in [-0.2, 0) is 4.79 Å². The van der Waals surface area contributed by atoms with Crippen molar-refractivity contribution in [2.75, 3.05) is 0 Å². The molecule has 0 bridgehead atoms. The second kappa shape index (κ2) is 3.93. The maximum absolute atomic E-state index is 10.7. The fraction of sp³-hybridized carbons (Fsp3) is 0. The topological polar surface area (TPSA) is 26.3 Å². The van der Waals surface area contributed by atoms with Crippen molar-refractivity contribution in [3.8, 4) is 5.75 Å². The van der Waals surface area contributed by atoms with Gasteiger partial charge in [0.15, 0.2) is 0 Å². The molecule has 0 saturated heterocycles. The number of hydrogen-bond acceptors (Lipinski definition) is 2. The molecule has 0 radical (unpaired) electrons. The minimum absolute atomic E-state index is 0.351. The van der Waals surface area contributed by atoms with Crippen molar-refractivity contribution in [3.63, 3.8) is 0 Å². The Bertz CT molecular complexity index is 307.